The van der Waals surface area contributed by atoms with Gasteiger partial charge in [-0.3, -0.25) is 9.48 Å². The standard InChI is InChI=1S/C12H12BrFN4O/c13-11-5-8(14)1-2-10(11)12(19)16-3-4-18-7-9(15)6-17-18/h1-2,5-7H,3-4,15H2,(H,16,19). The summed E-state index contributed by atoms with van der Waals surface area (Å²) in [7, 11) is 0. The van der Waals surface area contributed by atoms with Gasteiger partial charge in [0, 0.05) is 17.2 Å². The van der Waals surface area contributed by atoms with Crippen molar-refractivity contribution in [2.45, 2.75) is 6.54 Å². The van der Waals surface area contributed by atoms with Gasteiger partial charge in [0.15, 0.2) is 0 Å². The van der Waals surface area contributed by atoms with Crippen LogP contribution in [0.3, 0.4) is 0 Å². The summed E-state index contributed by atoms with van der Waals surface area (Å²) in [6, 6.07) is 3.93. The number of rotatable bonds is 4. The van der Waals surface area contributed by atoms with E-state index < -0.39 is 5.82 Å². The Morgan fingerprint density at radius 2 is 2.32 bits per heavy atom. The normalized spacial score (nSPS) is 10.4. The summed E-state index contributed by atoms with van der Waals surface area (Å²) in [5.41, 5.74) is 6.49. The highest BCUT2D eigenvalue weighted by Crippen LogP contribution is 2.17. The zero-order valence-corrected chi connectivity index (χ0v) is 11.5. The van der Waals surface area contributed by atoms with E-state index in [0.717, 1.165) is 0 Å². The van der Waals surface area contributed by atoms with Gasteiger partial charge in [0.2, 0.25) is 0 Å². The number of carbonyl (C=O) groups excluding carboxylic acids is 1. The van der Waals surface area contributed by atoms with Crippen molar-refractivity contribution in [1.29, 1.82) is 0 Å². The highest BCUT2D eigenvalue weighted by atomic mass is 79.9. The van der Waals surface area contributed by atoms with Gasteiger partial charge in [-0.2, -0.15) is 5.10 Å². The Hall–Kier alpha value is -1.89. The van der Waals surface area contributed by atoms with Crippen molar-refractivity contribution >= 4 is 27.5 Å². The van der Waals surface area contributed by atoms with Crippen LogP contribution in [0.15, 0.2) is 35.1 Å². The van der Waals surface area contributed by atoms with Crippen LogP contribution in [0, 0.1) is 5.82 Å². The van der Waals surface area contributed by atoms with E-state index >= 15 is 0 Å². The summed E-state index contributed by atoms with van der Waals surface area (Å²) in [4.78, 5) is 11.9. The van der Waals surface area contributed by atoms with E-state index in [0.29, 0.717) is 28.8 Å². The van der Waals surface area contributed by atoms with Crippen molar-refractivity contribution in [1.82, 2.24) is 15.1 Å². The summed E-state index contributed by atoms with van der Waals surface area (Å²) < 4.78 is 15.0. The molecule has 0 unspecified atom stereocenters. The molecule has 1 amide bonds. The first kappa shape index (κ1) is 13.5. The Bertz CT molecular complexity index is 599. The fourth-order valence-corrected chi connectivity index (χ4v) is 2.09. The predicted molar refractivity (Wildman–Crippen MR) is 73.1 cm³/mol. The summed E-state index contributed by atoms with van der Waals surface area (Å²) in [6.07, 6.45) is 3.22. The summed E-state index contributed by atoms with van der Waals surface area (Å²) in [6.45, 7) is 0.922. The second-order valence-electron chi connectivity index (χ2n) is 3.92. The number of nitrogens with two attached hydrogens (primary N) is 1. The minimum absolute atomic E-state index is 0.271. The van der Waals surface area contributed by atoms with Gasteiger partial charge in [0.1, 0.15) is 5.82 Å². The number of nitrogen functional groups attached to an aromatic ring is 1. The van der Waals surface area contributed by atoms with E-state index in [1.165, 1.54) is 18.2 Å². The van der Waals surface area contributed by atoms with E-state index in [4.69, 9.17) is 5.73 Å². The molecule has 0 saturated carbocycles. The van der Waals surface area contributed by atoms with E-state index in [2.05, 4.69) is 26.3 Å². The van der Waals surface area contributed by atoms with Gasteiger partial charge in [0.25, 0.3) is 5.91 Å². The third-order valence-electron chi connectivity index (χ3n) is 2.46. The van der Waals surface area contributed by atoms with Crippen molar-refractivity contribution in [2.24, 2.45) is 0 Å². The summed E-state index contributed by atoms with van der Waals surface area (Å²) >= 11 is 3.15. The number of benzene rings is 1. The molecule has 1 aromatic heterocycles. The molecular weight excluding hydrogens is 315 g/mol. The summed E-state index contributed by atoms with van der Waals surface area (Å²) in [5, 5.41) is 6.72. The van der Waals surface area contributed by atoms with E-state index in [1.807, 2.05) is 0 Å². The van der Waals surface area contributed by atoms with Crippen molar-refractivity contribution in [3.05, 3.63) is 46.4 Å². The molecule has 0 bridgehead atoms. The highest BCUT2D eigenvalue weighted by Gasteiger charge is 2.10. The number of hydrogen-bond acceptors (Lipinski definition) is 3. The fraction of sp³-hybridized carbons (Fsp3) is 0.167. The second kappa shape index (κ2) is 5.83. The van der Waals surface area contributed by atoms with Gasteiger partial charge >= 0.3 is 0 Å². The third-order valence-corrected chi connectivity index (χ3v) is 3.11. The average molecular weight is 327 g/mol. The lowest BCUT2D eigenvalue weighted by molar-refractivity contribution is 0.0951. The van der Waals surface area contributed by atoms with Gasteiger partial charge in [-0.05, 0) is 34.1 Å². The molecule has 2 aromatic rings. The van der Waals surface area contributed by atoms with Crippen LogP contribution >= 0.6 is 15.9 Å². The Morgan fingerprint density at radius 3 is 2.95 bits per heavy atom. The van der Waals surface area contributed by atoms with Gasteiger partial charge < -0.3 is 11.1 Å². The van der Waals surface area contributed by atoms with Crippen molar-refractivity contribution < 1.29 is 9.18 Å². The first-order chi connectivity index (χ1) is 9.06. The molecule has 0 aliphatic carbocycles. The minimum Gasteiger partial charge on any atom is -0.396 e. The number of aromatic nitrogens is 2. The monoisotopic (exact) mass is 326 g/mol. The lowest BCUT2D eigenvalue weighted by Crippen LogP contribution is -2.27. The Kier molecular flexibility index (Phi) is 4.16. The van der Waals surface area contributed by atoms with Crippen molar-refractivity contribution in [2.75, 3.05) is 12.3 Å². The number of anilines is 1. The maximum atomic E-state index is 12.9. The van der Waals surface area contributed by atoms with Crippen LogP contribution in [-0.4, -0.2) is 22.2 Å². The lowest BCUT2D eigenvalue weighted by atomic mass is 10.2. The number of halogens is 2. The first-order valence-corrected chi connectivity index (χ1v) is 6.37. The number of nitrogens with zero attached hydrogens (tertiary/aromatic N) is 2. The van der Waals surface area contributed by atoms with Crippen LogP contribution in [0.4, 0.5) is 10.1 Å². The Morgan fingerprint density at radius 1 is 1.53 bits per heavy atom. The Labute approximate surface area is 117 Å². The van der Waals surface area contributed by atoms with Crippen molar-refractivity contribution in [3.63, 3.8) is 0 Å². The molecule has 0 saturated heterocycles. The molecular formula is C12H12BrFN4O. The molecule has 0 spiro atoms. The molecule has 1 aromatic carbocycles. The minimum atomic E-state index is -0.393. The fourth-order valence-electron chi connectivity index (χ4n) is 1.55. The number of hydrogen-bond donors (Lipinski definition) is 2. The molecule has 0 aliphatic heterocycles. The maximum absolute atomic E-state index is 12.9. The zero-order valence-electron chi connectivity index (χ0n) is 9.94. The van der Waals surface area contributed by atoms with E-state index in [1.54, 1.807) is 17.1 Å². The average Bonchev–Trinajstić information content (AvgIpc) is 2.75. The molecule has 1 heterocycles. The molecule has 3 N–H and O–H groups in total. The number of amides is 1. The molecule has 7 heteroatoms. The van der Waals surface area contributed by atoms with Crippen LogP contribution < -0.4 is 11.1 Å². The number of carbonyl (C=O) groups is 1. The van der Waals surface area contributed by atoms with Crippen LogP contribution in [-0.2, 0) is 6.54 Å². The third kappa shape index (κ3) is 3.54. The molecule has 0 radical (unpaired) electrons. The van der Waals surface area contributed by atoms with Gasteiger partial charge in [0.05, 0.1) is 24.0 Å². The van der Waals surface area contributed by atoms with Gasteiger partial charge in [-0.25, -0.2) is 4.39 Å². The molecule has 2 rings (SSSR count). The lowest BCUT2D eigenvalue weighted by Gasteiger charge is -2.07. The van der Waals surface area contributed by atoms with E-state index in [-0.39, 0.29) is 5.91 Å². The van der Waals surface area contributed by atoms with E-state index in [9.17, 15) is 9.18 Å². The van der Waals surface area contributed by atoms with Crippen LogP contribution in [0.2, 0.25) is 0 Å². The van der Waals surface area contributed by atoms with Crippen LogP contribution in [0.1, 0.15) is 10.4 Å². The second-order valence-corrected chi connectivity index (χ2v) is 4.77. The Balaban J connectivity index is 1.90. The van der Waals surface area contributed by atoms with Crippen LogP contribution in [0.25, 0.3) is 0 Å². The molecule has 19 heavy (non-hydrogen) atoms. The molecule has 0 fully saturated rings. The molecule has 100 valence electrons. The smallest absolute Gasteiger partial charge is 0.252 e. The SMILES string of the molecule is Nc1cnn(CCNC(=O)c2ccc(F)cc2Br)c1. The topological polar surface area (TPSA) is 72.9 Å². The molecule has 0 atom stereocenters. The number of nitrogens with one attached hydrogen (secondary N) is 1. The maximum Gasteiger partial charge on any atom is 0.252 e. The molecule has 0 aliphatic rings. The zero-order chi connectivity index (χ0) is 13.8. The quantitative estimate of drug-likeness (QED) is 0.899. The van der Waals surface area contributed by atoms with Gasteiger partial charge in [-0.1, -0.05) is 0 Å². The first-order valence-electron chi connectivity index (χ1n) is 5.57. The summed E-state index contributed by atoms with van der Waals surface area (Å²) in [5.74, 6) is -0.664. The largest absolute Gasteiger partial charge is 0.396 e. The van der Waals surface area contributed by atoms with Crippen LogP contribution in [0.5, 0.6) is 0 Å². The molecule has 5 nitrogen and oxygen atoms in total. The predicted octanol–water partition coefficient (Wildman–Crippen LogP) is 1.80. The highest BCUT2D eigenvalue weighted by molar-refractivity contribution is 9.10. The van der Waals surface area contributed by atoms with Crippen molar-refractivity contribution in [3.8, 4) is 0 Å². The van der Waals surface area contributed by atoms with Gasteiger partial charge in [-0.15, -0.1) is 0 Å².